The van der Waals surface area contributed by atoms with Crippen LogP contribution in [0, 0.1) is 11.8 Å². The molecular weight excluding hydrogens is 184 g/mol. The standard InChI is InChI=1S/C13H26N2/c1-10-3-5-11(6-4-10)7-13-8-12(14)9-15(13)2/h10-13H,3-9,14H2,1-2H3. The third kappa shape index (κ3) is 2.94. The van der Waals surface area contributed by atoms with Crippen LogP contribution < -0.4 is 5.73 Å². The van der Waals surface area contributed by atoms with Crippen LogP contribution in [0.15, 0.2) is 0 Å². The summed E-state index contributed by atoms with van der Waals surface area (Å²) in [7, 11) is 2.24. The fourth-order valence-electron chi connectivity index (χ4n) is 3.35. The highest BCUT2D eigenvalue weighted by Gasteiger charge is 2.30. The van der Waals surface area contributed by atoms with Crippen LogP contribution in [-0.4, -0.2) is 30.6 Å². The Labute approximate surface area is 94.2 Å². The molecule has 2 rings (SSSR count). The van der Waals surface area contributed by atoms with Crippen LogP contribution in [0.5, 0.6) is 0 Å². The van der Waals surface area contributed by atoms with Gasteiger partial charge in [-0.1, -0.05) is 32.6 Å². The molecule has 1 heterocycles. The molecule has 0 aromatic heterocycles. The summed E-state index contributed by atoms with van der Waals surface area (Å²) in [6, 6.07) is 1.21. The van der Waals surface area contributed by atoms with Crippen LogP contribution in [0.4, 0.5) is 0 Å². The number of likely N-dealkylation sites (N-methyl/N-ethyl adjacent to an activating group) is 1. The summed E-state index contributed by atoms with van der Waals surface area (Å²) in [5.74, 6) is 1.96. The maximum Gasteiger partial charge on any atom is 0.0182 e. The smallest absolute Gasteiger partial charge is 0.0182 e. The summed E-state index contributed by atoms with van der Waals surface area (Å²) in [4.78, 5) is 2.47. The number of nitrogens with zero attached hydrogens (tertiary/aromatic N) is 1. The van der Waals surface area contributed by atoms with E-state index in [1.807, 2.05) is 0 Å². The monoisotopic (exact) mass is 210 g/mol. The molecule has 88 valence electrons. The van der Waals surface area contributed by atoms with E-state index in [4.69, 9.17) is 5.73 Å². The van der Waals surface area contributed by atoms with Gasteiger partial charge in [0.25, 0.3) is 0 Å². The normalized spacial score (nSPS) is 43.4. The van der Waals surface area contributed by atoms with Crippen molar-refractivity contribution in [1.82, 2.24) is 4.90 Å². The van der Waals surface area contributed by atoms with Gasteiger partial charge in [0, 0.05) is 18.6 Å². The van der Waals surface area contributed by atoms with Crippen molar-refractivity contribution in [2.24, 2.45) is 17.6 Å². The number of hydrogen-bond acceptors (Lipinski definition) is 2. The highest BCUT2D eigenvalue weighted by Crippen LogP contribution is 2.33. The van der Waals surface area contributed by atoms with E-state index in [0.717, 1.165) is 24.4 Å². The van der Waals surface area contributed by atoms with Crippen LogP contribution in [0.1, 0.15) is 45.4 Å². The van der Waals surface area contributed by atoms with Crippen LogP contribution in [0.3, 0.4) is 0 Å². The molecule has 2 heteroatoms. The Hall–Kier alpha value is -0.0800. The van der Waals surface area contributed by atoms with Gasteiger partial charge < -0.3 is 10.6 Å². The molecule has 2 unspecified atom stereocenters. The molecule has 1 saturated carbocycles. The van der Waals surface area contributed by atoms with E-state index >= 15 is 0 Å². The lowest BCUT2D eigenvalue weighted by Gasteiger charge is -2.30. The van der Waals surface area contributed by atoms with Crippen molar-refractivity contribution in [2.75, 3.05) is 13.6 Å². The number of hydrogen-bond donors (Lipinski definition) is 1. The van der Waals surface area contributed by atoms with E-state index in [9.17, 15) is 0 Å². The zero-order chi connectivity index (χ0) is 10.8. The predicted molar refractivity (Wildman–Crippen MR) is 64.7 cm³/mol. The fraction of sp³-hybridized carbons (Fsp3) is 1.00. The van der Waals surface area contributed by atoms with Crippen LogP contribution >= 0.6 is 0 Å². The summed E-state index contributed by atoms with van der Waals surface area (Å²) in [5.41, 5.74) is 6.00. The third-order valence-electron chi connectivity index (χ3n) is 4.46. The number of likely N-dealkylation sites (tertiary alicyclic amines) is 1. The average molecular weight is 210 g/mol. The van der Waals surface area contributed by atoms with Gasteiger partial charge in [0.15, 0.2) is 0 Å². The van der Waals surface area contributed by atoms with Crippen molar-refractivity contribution in [2.45, 2.75) is 57.5 Å². The molecular formula is C13H26N2. The minimum Gasteiger partial charge on any atom is -0.326 e. The third-order valence-corrected chi connectivity index (χ3v) is 4.46. The first-order chi connectivity index (χ1) is 7.15. The van der Waals surface area contributed by atoms with Crippen molar-refractivity contribution in [1.29, 1.82) is 0 Å². The molecule has 15 heavy (non-hydrogen) atoms. The van der Waals surface area contributed by atoms with E-state index in [0.29, 0.717) is 6.04 Å². The largest absolute Gasteiger partial charge is 0.326 e. The summed E-state index contributed by atoms with van der Waals surface area (Å²) < 4.78 is 0. The lowest BCUT2D eigenvalue weighted by molar-refractivity contribution is 0.209. The zero-order valence-electron chi connectivity index (χ0n) is 10.3. The molecule has 1 aliphatic carbocycles. The van der Waals surface area contributed by atoms with Gasteiger partial charge in [0.05, 0.1) is 0 Å². The summed E-state index contributed by atoms with van der Waals surface area (Å²) >= 11 is 0. The maximum atomic E-state index is 6.00. The lowest BCUT2D eigenvalue weighted by Crippen LogP contribution is -2.29. The number of rotatable bonds is 2. The molecule has 2 N–H and O–H groups in total. The first kappa shape index (κ1) is 11.4. The van der Waals surface area contributed by atoms with Gasteiger partial charge in [-0.2, -0.15) is 0 Å². The highest BCUT2D eigenvalue weighted by molar-refractivity contribution is 4.87. The van der Waals surface area contributed by atoms with Crippen molar-refractivity contribution in [3.8, 4) is 0 Å². The lowest BCUT2D eigenvalue weighted by atomic mass is 9.80. The first-order valence-corrected chi connectivity index (χ1v) is 6.61. The second-order valence-electron chi connectivity index (χ2n) is 5.95. The molecule has 0 radical (unpaired) electrons. The van der Waals surface area contributed by atoms with Crippen molar-refractivity contribution in [3.63, 3.8) is 0 Å². The van der Waals surface area contributed by atoms with E-state index in [1.165, 1.54) is 38.5 Å². The molecule has 1 saturated heterocycles. The minimum absolute atomic E-state index is 0.433. The quantitative estimate of drug-likeness (QED) is 0.757. The van der Waals surface area contributed by atoms with Gasteiger partial charge in [0.1, 0.15) is 0 Å². The molecule has 0 aromatic carbocycles. The van der Waals surface area contributed by atoms with E-state index in [1.54, 1.807) is 0 Å². The topological polar surface area (TPSA) is 29.3 Å². The van der Waals surface area contributed by atoms with E-state index < -0.39 is 0 Å². The molecule has 2 atom stereocenters. The van der Waals surface area contributed by atoms with E-state index in [-0.39, 0.29) is 0 Å². The van der Waals surface area contributed by atoms with Crippen LogP contribution in [0.2, 0.25) is 0 Å². The zero-order valence-corrected chi connectivity index (χ0v) is 10.3. The van der Waals surface area contributed by atoms with Crippen molar-refractivity contribution >= 4 is 0 Å². The Morgan fingerprint density at radius 1 is 1.20 bits per heavy atom. The Bertz CT molecular complexity index is 197. The highest BCUT2D eigenvalue weighted by atomic mass is 15.2. The van der Waals surface area contributed by atoms with Gasteiger partial charge in [-0.25, -0.2) is 0 Å². The van der Waals surface area contributed by atoms with Gasteiger partial charge in [-0.05, 0) is 31.7 Å². The van der Waals surface area contributed by atoms with Crippen molar-refractivity contribution < 1.29 is 0 Å². The average Bonchev–Trinajstić information content (AvgIpc) is 2.49. The summed E-state index contributed by atoms with van der Waals surface area (Å²) in [6.07, 6.45) is 8.45. The molecule has 0 aromatic rings. The second-order valence-corrected chi connectivity index (χ2v) is 5.95. The van der Waals surface area contributed by atoms with Crippen molar-refractivity contribution in [3.05, 3.63) is 0 Å². The first-order valence-electron chi connectivity index (χ1n) is 6.61. The molecule has 0 amide bonds. The Balaban J connectivity index is 1.77. The molecule has 2 nitrogen and oxygen atoms in total. The SMILES string of the molecule is CC1CCC(CC2CC(N)CN2C)CC1. The van der Waals surface area contributed by atoms with Gasteiger partial charge >= 0.3 is 0 Å². The summed E-state index contributed by atoms with van der Waals surface area (Å²) in [5, 5.41) is 0. The van der Waals surface area contributed by atoms with Gasteiger partial charge in [0.2, 0.25) is 0 Å². The van der Waals surface area contributed by atoms with Gasteiger partial charge in [-0.3, -0.25) is 0 Å². The molecule has 2 aliphatic rings. The fourth-order valence-corrected chi connectivity index (χ4v) is 3.35. The number of nitrogens with two attached hydrogens (primary N) is 1. The Kier molecular flexibility index (Phi) is 3.68. The Morgan fingerprint density at radius 3 is 2.40 bits per heavy atom. The van der Waals surface area contributed by atoms with E-state index in [2.05, 4.69) is 18.9 Å². The maximum absolute atomic E-state index is 6.00. The molecule has 0 bridgehead atoms. The minimum atomic E-state index is 0.433. The van der Waals surface area contributed by atoms with Crippen LogP contribution in [0.25, 0.3) is 0 Å². The summed E-state index contributed by atoms with van der Waals surface area (Å²) in [6.45, 7) is 3.50. The molecule has 1 aliphatic heterocycles. The molecule has 0 spiro atoms. The molecule has 2 fully saturated rings. The second kappa shape index (κ2) is 4.84. The van der Waals surface area contributed by atoms with Crippen LogP contribution in [-0.2, 0) is 0 Å². The Morgan fingerprint density at radius 2 is 1.87 bits per heavy atom. The van der Waals surface area contributed by atoms with Gasteiger partial charge in [-0.15, -0.1) is 0 Å². The predicted octanol–water partition coefficient (Wildman–Crippen LogP) is 2.23.